The first-order chi connectivity index (χ1) is 11.4. The lowest BCUT2D eigenvalue weighted by Crippen LogP contribution is -2.45. The molecule has 0 aliphatic rings. The lowest BCUT2D eigenvalue weighted by atomic mass is 9.86. The van der Waals surface area contributed by atoms with Gasteiger partial charge in [-0.15, -0.1) is 0 Å². The van der Waals surface area contributed by atoms with Crippen LogP contribution in [0.25, 0.3) is 0 Å². The first kappa shape index (κ1) is 20.0. The Balaban J connectivity index is 2.83. The van der Waals surface area contributed by atoms with Crippen LogP contribution in [0, 0.1) is 10.1 Å². The van der Waals surface area contributed by atoms with Crippen LogP contribution in [-0.4, -0.2) is 35.2 Å². The van der Waals surface area contributed by atoms with E-state index in [4.69, 9.17) is 21.7 Å². The second-order valence-electron chi connectivity index (χ2n) is 5.71. The van der Waals surface area contributed by atoms with Crippen molar-refractivity contribution in [3.8, 4) is 0 Å². The Hall–Kier alpha value is -2.02. The second kappa shape index (κ2) is 9.97. The predicted molar refractivity (Wildman–Crippen MR) is 94.6 cm³/mol. The number of nitrogens with zero attached hydrogens (tertiary/aromatic N) is 1. The minimum Gasteiger partial charge on any atom is -0.490 e. The molecule has 0 fully saturated rings. The van der Waals surface area contributed by atoms with E-state index < -0.39 is 11.5 Å². The minimum absolute atomic E-state index is 0.211. The van der Waals surface area contributed by atoms with Crippen LogP contribution in [0.4, 0.5) is 0 Å². The van der Waals surface area contributed by atoms with Crippen molar-refractivity contribution in [2.75, 3.05) is 13.7 Å². The summed E-state index contributed by atoms with van der Waals surface area (Å²) in [5.41, 5.74) is -0.490. The number of hydrogen-bond donors (Lipinski definition) is 0. The van der Waals surface area contributed by atoms with Gasteiger partial charge < -0.3 is 9.47 Å². The molecule has 0 amide bonds. The molecule has 0 aliphatic heterocycles. The summed E-state index contributed by atoms with van der Waals surface area (Å²) in [6.07, 6.45) is 2.38. The van der Waals surface area contributed by atoms with E-state index in [0.717, 1.165) is 5.56 Å². The van der Waals surface area contributed by atoms with Crippen molar-refractivity contribution >= 4 is 23.2 Å². The van der Waals surface area contributed by atoms with E-state index in [1.54, 1.807) is 0 Å². The maximum absolute atomic E-state index is 11.8. The van der Waals surface area contributed by atoms with Crippen molar-refractivity contribution in [2.24, 2.45) is 0 Å². The number of rotatable bonds is 10. The summed E-state index contributed by atoms with van der Waals surface area (Å²) in [6, 6.07) is 9.21. The van der Waals surface area contributed by atoms with E-state index in [-0.39, 0.29) is 18.0 Å². The third-order valence-electron chi connectivity index (χ3n) is 3.81. The Labute approximate surface area is 147 Å². The molecule has 0 N–H and O–H groups in total. The fraction of sp³-hybridized carbons (Fsp3) is 0.529. The van der Waals surface area contributed by atoms with Crippen molar-refractivity contribution in [3.63, 3.8) is 0 Å². The number of unbranched alkanes of at least 4 members (excludes halogenated alkanes) is 1. The fourth-order valence-corrected chi connectivity index (χ4v) is 2.60. The molecule has 0 saturated heterocycles. The smallest absolute Gasteiger partial charge is 0.302 e. The summed E-state index contributed by atoms with van der Waals surface area (Å²) in [5.74, 6) is -0.519. The highest BCUT2D eigenvalue weighted by Gasteiger charge is 2.43. The Morgan fingerprint density at radius 1 is 1.29 bits per heavy atom. The van der Waals surface area contributed by atoms with Gasteiger partial charge in [0.15, 0.2) is 11.7 Å². The van der Waals surface area contributed by atoms with Crippen LogP contribution in [0.5, 0.6) is 0 Å². The molecule has 24 heavy (non-hydrogen) atoms. The van der Waals surface area contributed by atoms with Crippen molar-refractivity contribution in [2.45, 2.75) is 44.6 Å². The van der Waals surface area contributed by atoms with Crippen LogP contribution in [-0.2, 0) is 20.7 Å². The van der Waals surface area contributed by atoms with Crippen molar-refractivity contribution in [1.82, 2.24) is 0 Å². The van der Waals surface area contributed by atoms with E-state index >= 15 is 0 Å². The third kappa shape index (κ3) is 6.62. The summed E-state index contributed by atoms with van der Waals surface area (Å²) in [6.45, 7) is 1.02. The van der Waals surface area contributed by atoms with Crippen LogP contribution in [0.3, 0.4) is 0 Å². The van der Waals surface area contributed by atoms with Gasteiger partial charge in [-0.2, -0.15) is 0 Å². The summed E-state index contributed by atoms with van der Waals surface area (Å²) in [4.78, 5) is 22.6. The summed E-state index contributed by atoms with van der Waals surface area (Å²) in [5, 5.41) is 12.3. The highest BCUT2D eigenvalue weighted by Crippen LogP contribution is 2.25. The lowest BCUT2D eigenvalue weighted by molar-refractivity contribution is -0.574. The third-order valence-corrected chi connectivity index (χ3v) is 4.18. The zero-order chi connectivity index (χ0) is 18.0. The predicted octanol–water partition coefficient (Wildman–Crippen LogP) is 3.34. The zero-order valence-electron chi connectivity index (χ0n) is 14.0. The second-order valence-corrected chi connectivity index (χ2v) is 6.16. The number of methoxy groups -OCH3 is 1. The van der Waals surface area contributed by atoms with Gasteiger partial charge >= 0.3 is 5.97 Å². The van der Waals surface area contributed by atoms with Gasteiger partial charge in [-0.1, -0.05) is 30.3 Å². The average molecular weight is 353 g/mol. The standard InChI is InChI=1S/C17H23NO5S/c1-14(19)23-13-17(18(20)21,11-7-6-10-16(24)22-2)12-15-8-4-3-5-9-15/h3-5,8-9H,6-7,10-13H2,1-2H3. The largest absolute Gasteiger partial charge is 0.490 e. The highest BCUT2D eigenvalue weighted by atomic mass is 32.1. The number of nitro groups is 1. The fourth-order valence-electron chi connectivity index (χ4n) is 2.46. The van der Waals surface area contributed by atoms with Crippen LogP contribution in [0.2, 0.25) is 0 Å². The van der Waals surface area contributed by atoms with Gasteiger partial charge in [0, 0.05) is 31.1 Å². The molecule has 1 aromatic rings. The molecule has 7 heteroatoms. The van der Waals surface area contributed by atoms with Gasteiger partial charge in [0.1, 0.15) is 0 Å². The molecule has 1 aromatic carbocycles. The minimum atomic E-state index is -1.33. The maximum atomic E-state index is 11.8. The molecule has 6 nitrogen and oxygen atoms in total. The van der Waals surface area contributed by atoms with Crippen LogP contribution < -0.4 is 0 Å². The summed E-state index contributed by atoms with van der Waals surface area (Å²) >= 11 is 4.98. The molecule has 0 heterocycles. The Morgan fingerprint density at radius 2 is 1.96 bits per heavy atom. The van der Waals surface area contributed by atoms with Crippen molar-refractivity contribution < 1.29 is 19.2 Å². The van der Waals surface area contributed by atoms with Crippen LogP contribution >= 0.6 is 12.2 Å². The van der Waals surface area contributed by atoms with E-state index in [0.29, 0.717) is 30.7 Å². The molecule has 1 rings (SSSR count). The number of carbonyl (C=O) groups excluding carboxylic acids is 1. The van der Waals surface area contributed by atoms with Crippen LogP contribution in [0.15, 0.2) is 30.3 Å². The van der Waals surface area contributed by atoms with Gasteiger partial charge in [-0.25, -0.2) is 0 Å². The zero-order valence-corrected chi connectivity index (χ0v) is 14.8. The van der Waals surface area contributed by atoms with Crippen LogP contribution in [0.1, 0.15) is 38.2 Å². The summed E-state index contributed by atoms with van der Waals surface area (Å²) < 4.78 is 9.94. The molecule has 0 aromatic heterocycles. The number of benzene rings is 1. The number of carbonyl (C=O) groups is 1. The van der Waals surface area contributed by atoms with Gasteiger partial charge in [0.2, 0.25) is 0 Å². The topological polar surface area (TPSA) is 78.7 Å². The van der Waals surface area contributed by atoms with Gasteiger partial charge in [-0.05, 0) is 30.6 Å². The number of ether oxygens (including phenoxy) is 2. The van der Waals surface area contributed by atoms with Crippen molar-refractivity contribution in [1.29, 1.82) is 0 Å². The molecule has 1 atom stereocenters. The average Bonchev–Trinajstić information content (AvgIpc) is 2.56. The molecule has 132 valence electrons. The van der Waals surface area contributed by atoms with Gasteiger partial charge in [0.05, 0.1) is 7.11 Å². The SMILES string of the molecule is COC(=S)CCCCC(COC(C)=O)(Cc1ccccc1)[N+](=O)[O-]. The first-order valence-electron chi connectivity index (χ1n) is 7.78. The van der Waals surface area contributed by atoms with E-state index in [1.807, 2.05) is 30.3 Å². The highest BCUT2D eigenvalue weighted by molar-refractivity contribution is 7.80. The lowest BCUT2D eigenvalue weighted by Gasteiger charge is -2.25. The monoisotopic (exact) mass is 353 g/mol. The Morgan fingerprint density at radius 3 is 2.50 bits per heavy atom. The molecule has 0 saturated carbocycles. The number of esters is 1. The normalized spacial score (nSPS) is 12.9. The molecule has 0 radical (unpaired) electrons. The Bertz CT molecular complexity index is 563. The molecular weight excluding hydrogens is 330 g/mol. The molecular formula is C17H23NO5S. The van der Waals surface area contributed by atoms with E-state index in [9.17, 15) is 14.9 Å². The Kier molecular flexibility index (Phi) is 8.32. The molecule has 1 unspecified atom stereocenters. The van der Waals surface area contributed by atoms with Gasteiger partial charge in [-0.3, -0.25) is 14.9 Å². The quantitative estimate of drug-likeness (QED) is 0.211. The maximum Gasteiger partial charge on any atom is 0.302 e. The van der Waals surface area contributed by atoms with Gasteiger partial charge in [0.25, 0.3) is 5.54 Å². The molecule has 0 bridgehead atoms. The summed E-state index contributed by atoms with van der Waals surface area (Å²) in [7, 11) is 1.51. The van der Waals surface area contributed by atoms with E-state index in [1.165, 1.54) is 14.0 Å². The van der Waals surface area contributed by atoms with Crippen molar-refractivity contribution in [3.05, 3.63) is 46.0 Å². The first-order valence-corrected chi connectivity index (χ1v) is 8.19. The molecule has 0 spiro atoms. The molecule has 0 aliphatic carbocycles. The van der Waals surface area contributed by atoms with E-state index in [2.05, 4.69) is 0 Å². The number of thiocarbonyl (C=S) groups is 1. The number of hydrogen-bond acceptors (Lipinski definition) is 6.